The van der Waals surface area contributed by atoms with Gasteiger partial charge in [-0.1, -0.05) is 68.1 Å². The van der Waals surface area contributed by atoms with Crippen molar-refractivity contribution in [2.45, 2.75) is 117 Å². The van der Waals surface area contributed by atoms with Gasteiger partial charge in [-0.2, -0.15) is 0 Å². The Kier molecular flexibility index (Phi) is 8.89. The zero-order valence-corrected chi connectivity index (χ0v) is 29.4. The lowest BCUT2D eigenvalue weighted by Gasteiger charge is -2.44. The van der Waals surface area contributed by atoms with Crippen LogP contribution < -0.4 is 5.19 Å². The van der Waals surface area contributed by atoms with Crippen LogP contribution >= 0.6 is 22.6 Å². The highest BCUT2D eigenvalue weighted by atomic mass is 127. The zero-order chi connectivity index (χ0) is 29.2. The lowest BCUT2D eigenvalue weighted by atomic mass is 9.74. The Morgan fingerprint density at radius 1 is 1.08 bits per heavy atom. The molecule has 1 N–H and O–H groups in total. The third kappa shape index (κ3) is 6.29. The molecule has 1 aromatic heterocycles. The first-order valence-corrected chi connectivity index (χ1v) is 21.1. The molecule has 2 atom stereocenters. The lowest BCUT2D eigenvalue weighted by Crippen LogP contribution is -2.44. The van der Waals surface area contributed by atoms with E-state index in [0.29, 0.717) is 5.56 Å². The highest BCUT2D eigenvalue weighted by Crippen LogP contribution is 2.50. The third-order valence-electron chi connectivity index (χ3n) is 8.21. The molecule has 38 heavy (non-hydrogen) atoms. The van der Waals surface area contributed by atoms with Gasteiger partial charge in [0.2, 0.25) is 0 Å². The molecule has 0 saturated carbocycles. The van der Waals surface area contributed by atoms with Gasteiger partial charge in [-0.3, -0.25) is 4.98 Å². The maximum atomic E-state index is 15.2. The SMILES string of the molecule is CC(C)c1nc2c(c(I)c1[C@@H](O)c1cc(F)c([Si](C)(C)C)c(F)c1)[C@@H](O[Si](C)(C)C(C)(C)C)CC(C)(C)C2. The Bertz CT molecular complexity index is 1190. The number of aromatic nitrogens is 1. The summed E-state index contributed by atoms with van der Waals surface area (Å²) in [5.74, 6) is -1.13. The molecule has 3 nitrogen and oxygen atoms in total. The maximum absolute atomic E-state index is 15.2. The van der Waals surface area contributed by atoms with Gasteiger partial charge >= 0.3 is 0 Å². The van der Waals surface area contributed by atoms with Crippen LogP contribution in [0.3, 0.4) is 0 Å². The van der Waals surface area contributed by atoms with Crippen molar-refractivity contribution >= 4 is 44.2 Å². The van der Waals surface area contributed by atoms with Crippen LogP contribution in [0.15, 0.2) is 12.1 Å². The second kappa shape index (κ2) is 10.6. The summed E-state index contributed by atoms with van der Waals surface area (Å²) in [6, 6.07) is 2.63. The highest BCUT2D eigenvalue weighted by Gasteiger charge is 2.44. The van der Waals surface area contributed by atoms with Crippen molar-refractivity contribution in [1.29, 1.82) is 0 Å². The molecule has 212 valence electrons. The summed E-state index contributed by atoms with van der Waals surface area (Å²) in [5, 5.41) is 11.9. The first-order valence-electron chi connectivity index (χ1n) is 13.6. The molecule has 0 radical (unpaired) electrons. The van der Waals surface area contributed by atoms with Gasteiger partial charge in [0.05, 0.1) is 19.9 Å². The number of fused-ring (bicyclic) bond motifs is 1. The van der Waals surface area contributed by atoms with Crippen LogP contribution in [0.4, 0.5) is 8.78 Å². The molecule has 2 aromatic rings. The lowest BCUT2D eigenvalue weighted by molar-refractivity contribution is 0.104. The summed E-state index contributed by atoms with van der Waals surface area (Å²) in [5.41, 5.74) is 3.71. The standard InChI is InChI=1S/C30H46F2INO2Si2/c1-17(2)26-24(27(35)18-13-19(31)28(20(32)14-18)37(8,9)10)25(33)23-21(34-26)15-30(6,7)16-22(23)36-38(11,12)29(3,4)5/h13-14,17,22,27,35H,15-16H2,1-12H3/t22-,27-/m0/s1. The molecule has 3 rings (SSSR count). The first kappa shape index (κ1) is 31.8. The van der Waals surface area contributed by atoms with E-state index in [-0.39, 0.29) is 33.2 Å². The van der Waals surface area contributed by atoms with Gasteiger partial charge in [0.15, 0.2) is 8.32 Å². The van der Waals surface area contributed by atoms with Gasteiger partial charge in [0, 0.05) is 25.6 Å². The van der Waals surface area contributed by atoms with Crippen molar-refractivity contribution in [1.82, 2.24) is 4.98 Å². The van der Waals surface area contributed by atoms with E-state index >= 15 is 8.78 Å². The normalized spacial score (nSPS) is 19.0. The molecule has 0 aliphatic heterocycles. The van der Waals surface area contributed by atoms with Gasteiger partial charge in [0.25, 0.3) is 0 Å². The van der Waals surface area contributed by atoms with Crippen molar-refractivity contribution in [2.75, 3.05) is 0 Å². The molecule has 0 bridgehead atoms. The van der Waals surface area contributed by atoms with Gasteiger partial charge in [0.1, 0.15) is 17.7 Å². The Labute approximate surface area is 244 Å². The fourth-order valence-electron chi connectivity index (χ4n) is 5.21. The van der Waals surface area contributed by atoms with Crippen LogP contribution in [0.2, 0.25) is 37.8 Å². The summed E-state index contributed by atoms with van der Waals surface area (Å²) in [6.45, 7) is 25.6. The average Bonchev–Trinajstić information content (AvgIpc) is 2.68. The van der Waals surface area contributed by atoms with E-state index in [1.165, 1.54) is 12.1 Å². The monoisotopic (exact) mass is 673 g/mol. The Hall–Kier alpha value is -0.686. The molecule has 0 unspecified atom stereocenters. The first-order chi connectivity index (χ1) is 17.1. The molecule has 0 spiro atoms. The van der Waals surface area contributed by atoms with E-state index in [0.717, 1.165) is 33.4 Å². The predicted molar refractivity (Wildman–Crippen MR) is 168 cm³/mol. The molecule has 0 saturated heterocycles. The van der Waals surface area contributed by atoms with Crippen molar-refractivity contribution in [3.63, 3.8) is 0 Å². The van der Waals surface area contributed by atoms with E-state index in [9.17, 15) is 5.11 Å². The van der Waals surface area contributed by atoms with Gasteiger partial charge < -0.3 is 9.53 Å². The number of aliphatic hydroxyl groups excluding tert-OH is 1. The Balaban J connectivity index is 2.25. The molecule has 1 aliphatic rings. The van der Waals surface area contributed by atoms with Gasteiger partial charge in [-0.25, -0.2) is 8.78 Å². The summed E-state index contributed by atoms with van der Waals surface area (Å²) in [6.07, 6.45) is 0.332. The van der Waals surface area contributed by atoms with E-state index in [1.54, 1.807) is 0 Å². The largest absolute Gasteiger partial charge is 0.410 e. The van der Waals surface area contributed by atoms with Crippen molar-refractivity contribution in [2.24, 2.45) is 5.41 Å². The number of rotatable bonds is 6. The Morgan fingerprint density at radius 2 is 1.61 bits per heavy atom. The van der Waals surface area contributed by atoms with Crippen LogP contribution in [-0.2, 0) is 10.8 Å². The van der Waals surface area contributed by atoms with Crippen LogP contribution in [0.25, 0.3) is 0 Å². The fourth-order valence-corrected chi connectivity index (χ4v) is 9.28. The number of hydrogen-bond acceptors (Lipinski definition) is 3. The van der Waals surface area contributed by atoms with Crippen LogP contribution in [-0.4, -0.2) is 26.5 Å². The number of hydrogen-bond donors (Lipinski definition) is 1. The topological polar surface area (TPSA) is 42.4 Å². The summed E-state index contributed by atoms with van der Waals surface area (Å²) in [7, 11) is -4.36. The fraction of sp³-hybridized carbons (Fsp3) is 0.633. The number of benzene rings is 1. The highest BCUT2D eigenvalue weighted by molar-refractivity contribution is 14.1. The summed E-state index contributed by atoms with van der Waals surface area (Å²) in [4.78, 5) is 5.15. The second-order valence-corrected chi connectivity index (χ2v) is 25.5. The number of halogens is 3. The van der Waals surface area contributed by atoms with Crippen molar-refractivity contribution in [3.05, 3.63) is 55.4 Å². The average molecular weight is 674 g/mol. The summed E-state index contributed by atoms with van der Waals surface area (Å²) < 4.78 is 38.3. The van der Waals surface area contributed by atoms with E-state index < -0.39 is 34.1 Å². The summed E-state index contributed by atoms with van der Waals surface area (Å²) >= 11 is 2.32. The minimum Gasteiger partial charge on any atom is -0.410 e. The molecule has 1 aliphatic carbocycles. The second-order valence-electron chi connectivity index (χ2n) is 14.7. The van der Waals surface area contributed by atoms with Gasteiger partial charge in [-0.15, -0.1) is 0 Å². The molecule has 1 heterocycles. The smallest absolute Gasteiger partial charge is 0.192 e. The van der Waals surface area contributed by atoms with E-state index in [4.69, 9.17) is 9.41 Å². The molecular formula is C30H46F2INO2Si2. The van der Waals surface area contributed by atoms with Gasteiger partial charge in [-0.05, 0) is 82.6 Å². The number of pyridine rings is 1. The quantitative estimate of drug-likeness (QED) is 0.246. The van der Waals surface area contributed by atoms with Crippen molar-refractivity contribution < 1.29 is 18.3 Å². The molecule has 0 amide bonds. The third-order valence-corrected chi connectivity index (χ3v) is 15.8. The molecule has 1 aromatic carbocycles. The van der Waals surface area contributed by atoms with Crippen LogP contribution in [0.5, 0.6) is 0 Å². The van der Waals surface area contributed by atoms with E-state index in [1.807, 2.05) is 33.5 Å². The maximum Gasteiger partial charge on any atom is 0.192 e. The van der Waals surface area contributed by atoms with Crippen molar-refractivity contribution in [3.8, 4) is 0 Å². The molecular weight excluding hydrogens is 627 g/mol. The minimum absolute atomic E-state index is 0.0173. The minimum atomic E-state index is -2.24. The zero-order valence-electron chi connectivity index (χ0n) is 25.2. The molecule has 0 fully saturated rings. The predicted octanol–water partition coefficient (Wildman–Crippen LogP) is 8.75. The Morgan fingerprint density at radius 3 is 2.05 bits per heavy atom. The van der Waals surface area contributed by atoms with E-state index in [2.05, 4.69) is 70.3 Å². The number of aliphatic hydroxyl groups is 1. The van der Waals surface area contributed by atoms with Crippen LogP contribution in [0, 0.1) is 20.6 Å². The van der Waals surface area contributed by atoms with Crippen LogP contribution in [0.1, 0.15) is 101 Å². The molecule has 8 heteroatoms. The number of nitrogens with zero attached hydrogens (tertiary/aromatic N) is 1.